The minimum atomic E-state index is -0.581. The molecular formula is C11H9N3O3. The molecule has 6 heteroatoms. The summed E-state index contributed by atoms with van der Waals surface area (Å²) in [5.74, 6) is 0. The van der Waals surface area contributed by atoms with Crippen molar-refractivity contribution >= 4 is 12.0 Å². The third-order valence-electron chi connectivity index (χ3n) is 2.31. The predicted molar refractivity (Wildman–Crippen MR) is 60.3 cm³/mol. The Hall–Kier alpha value is -2.50. The van der Waals surface area contributed by atoms with E-state index in [4.69, 9.17) is 0 Å². The van der Waals surface area contributed by atoms with E-state index >= 15 is 0 Å². The molecule has 0 fully saturated rings. The van der Waals surface area contributed by atoms with Crippen LogP contribution in [0.25, 0.3) is 5.69 Å². The molecule has 0 N–H and O–H groups in total. The van der Waals surface area contributed by atoms with Crippen LogP contribution < -0.4 is 0 Å². The van der Waals surface area contributed by atoms with E-state index in [0.29, 0.717) is 12.0 Å². The van der Waals surface area contributed by atoms with E-state index in [1.165, 1.54) is 12.1 Å². The molecule has 1 aromatic carbocycles. The molecule has 6 nitrogen and oxygen atoms in total. The van der Waals surface area contributed by atoms with Crippen molar-refractivity contribution in [3.63, 3.8) is 0 Å². The quantitative estimate of drug-likeness (QED) is 0.459. The van der Waals surface area contributed by atoms with E-state index in [-0.39, 0.29) is 11.3 Å². The van der Waals surface area contributed by atoms with Crippen molar-refractivity contribution in [3.05, 3.63) is 51.8 Å². The molecule has 0 saturated heterocycles. The van der Waals surface area contributed by atoms with Crippen LogP contribution in [0.4, 0.5) is 5.69 Å². The third-order valence-corrected chi connectivity index (χ3v) is 2.31. The fraction of sp³-hybridized carbons (Fsp3) is 0.0909. The van der Waals surface area contributed by atoms with Crippen molar-refractivity contribution in [2.45, 2.75) is 6.92 Å². The number of hydrogen-bond acceptors (Lipinski definition) is 4. The Balaban J connectivity index is 2.52. The molecule has 0 radical (unpaired) electrons. The summed E-state index contributed by atoms with van der Waals surface area (Å²) < 4.78 is 1.56. The highest BCUT2D eigenvalue weighted by Crippen LogP contribution is 2.20. The Kier molecular flexibility index (Phi) is 2.70. The predicted octanol–water partition coefficient (Wildman–Crippen LogP) is 1.90. The molecule has 0 aliphatic heterocycles. The molecule has 2 rings (SSSR count). The third kappa shape index (κ3) is 2.05. The number of nitro groups is 1. The van der Waals surface area contributed by atoms with Gasteiger partial charge in [-0.3, -0.25) is 14.9 Å². The van der Waals surface area contributed by atoms with E-state index in [9.17, 15) is 14.9 Å². The molecule has 0 amide bonds. The fourth-order valence-electron chi connectivity index (χ4n) is 1.50. The molecule has 0 atom stereocenters. The first-order valence-electron chi connectivity index (χ1n) is 4.87. The van der Waals surface area contributed by atoms with Crippen molar-refractivity contribution < 1.29 is 9.72 Å². The van der Waals surface area contributed by atoms with Gasteiger partial charge in [0, 0.05) is 12.3 Å². The zero-order chi connectivity index (χ0) is 12.4. The first-order valence-corrected chi connectivity index (χ1v) is 4.87. The number of nitrogens with zero attached hydrogens (tertiary/aromatic N) is 3. The second-order valence-electron chi connectivity index (χ2n) is 3.58. The highest BCUT2D eigenvalue weighted by Gasteiger charge is 2.14. The van der Waals surface area contributed by atoms with Crippen LogP contribution in [-0.2, 0) is 0 Å². The van der Waals surface area contributed by atoms with E-state index in [2.05, 4.69) is 5.10 Å². The maximum atomic E-state index is 10.8. The second-order valence-corrected chi connectivity index (χ2v) is 3.58. The summed E-state index contributed by atoms with van der Waals surface area (Å²) in [6, 6.07) is 4.30. The Morgan fingerprint density at radius 2 is 2.24 bits per heavy atom. The van der Waals surface area contributed by atoms with Crippen LogP contribution in [0.15, 0.2) is 30.6 Å². The van der Waals surface area contributed by atoms with Crippen LogP contribution in [0.1, 0.15) is 15.9 Å². The van der Waals surface area contributed by atoms with Crippen molar-refractivity contribution in [2.24, 2.45) is 0 Å². The smallest absolute Gasteiger partial charge is 0.280 e. The maximum Gasteiger partial charge on any atom is 0.280 e. The van der Waals surface area contributed by atoms with Gasteiger partial charge in [0.1, 0.15) is 0 Å². The number of rotatable bonds is 3. The molecule has 86 valence electrons. The van der Waals surface area contributed by atoms with Gasteiger partial charge in [-0.2, -0.15) is 5.10 Å². The molecule has 1 aromatic heterocycles. The minimum Gasteiger partial charge on any atom is -0.298 e. The summed E-state index contributed by atoms with van der Waals surface area (Å²) in [5.41, 5.74) is 1.43. The number of aromatic nitrogens is 2. The molecule has 0 unspecified atom stereocenters. The number of carbonyl (C=O) groups excluding carboxylic acids is 1. The maximum absolute atomic E-state index is 10.8. The van der Waals surface area contributed by atoms with Crippen molar-refractivity contribution in [2.75, 3.05) is 0 Å². The lowest BCUT2D eigenvalue weighted by molar-refractivity contribution is -0.385. The summed E-state index contributed by atoms with van der Waals surface area (Å²) >= 11 is 0. The number of nitro benzene ring substituents is 1. The molecular weight excluding hydrogens is 222 g/mol. The average Bonchev–Trinajstić information content (AvgIpc) is 2.75. The summed E-state index contributed by atoms with van der Waals surface area (Å²) in [7, 11) is 0. The van der Waals surface area contributed by atoms with Crippen molar-refractivity contribution in [1.29, 1.82) is 0 Å². The second kappa shape index (κ2) is 4.17. The van der Waals surface area contributed by atoms with Gasteiger partial charge in [-0.25, -0.2) is 4.68 Å². The van der Waals surface area contributed by atoms with E-state index in [1.807, 2.05) is 6.92 Å². The van der Waals surface area contributed by atoms with Crippen LogP contribution in [-0.4, -0.2) is 21.0 Å². The fourth-order valence-corrected chi connectivity index (χ4v) is 1.50. The number of aldehydes is 1. The Morgan fingerprint density at radius 1 is 1.47 bits per heavy atom. The first kappa shape index (κ1) is 11.0. The minimum absolute atomic E-state index is 0.0423. The van der Waals surface area contributed by atoms with Gasteiger partial charge in [-0.1, -0.05) is 0 Å². The summed E-state index contributed by atoms with van der Waals surface area (Å²) in [6.45, 7) is 1.88. The lowest BCUT2D eigenvalue weighted by Gasteiger charge is -2.02. The summed E-state index contributed by atoms with van der Waals surface area (Å²) in [4.78, 5) is 20.9. The van der Waals surface area contributed by atoms with Gasteiger partial charge in [0.25, 0.3) is 5.69 Å². The van der Waals surface area contributed by atoms with E-state index in [1.54, 1.807) is 23.1 Å². The highest BCUT2D eigenvalue weighted by atomic mass is 16.6. The molecule has 0 spiro atoms. The van der Waals surface area contributed by atoms with Crippen LogP contribution in [0, 0.1) is 17.0 Å². The van der Waals surface area contributed by atoms with Crippen LogP contribution in [0.2, 0.25) is 0 Å². The molecule has 0 aliphatic carbocycles. The SMILES string of the molecule is Cc1cnn(-c2ccc([N+](=O)[O-])c(C=O)c2)c1. The zero-order valence-electron chi connectivity index (χ0n) is 9.03. The standard InChI is InChI=1S/C11H9N3O3/c1-8-5-12-13(6-8)10-2-3-11(14(16)17)9(4-10)7-15/h2-7H,1H3. The van der Waals surface area contributed by atoms with Gasteiger partial charge in [0.2, 0.25) is 0 Å². The van der Waals surface area contributed by atoms with Gasteiger partial charge < -0.3 is 0 Å². The van der Waals surface area contributed by atoms with Gasteiger partial charge in [0.15, 0.2) is 6.29 Å². The van der Waals surface area contributed by atoms with Crippen molar-refractivity contribution in [1.82, 2.24) is 9.78 Å². The largest absolute Gasteiger partial charge is 0.298 e. The molecule has 0 aliphatic rings. The monoisotopic (exact) mass is 231 g/mol. The lowest BCUT2D eigenvalue weighted by Crippen LogP contribution is -1.99. The van der Waals surface area contributed by atoms with Gasteiger partial charge in [-0.15, -0.1) is 0 Å². The summed E-state index contributed by atoms with van der Waals surface area (Å²) in [6.07, 6.45) is 3.91. The normalized spacial score (nSPS) is 10.2. The molecule has 0 saturated carbocycles. The molecule has 2 aromatic rings. The van der Waals surface area contributed by atoms with Crippen LogP contribution >= 0.6 is 0 Å². The topological polar surface area (TPSA) is 78.0 Å². The first-order chi connectivity index (χ1) is 8.11. The highest BCUT2D eigenvalue weighted by molar-refractivity contribution is 5.82. The van der Waals surface area contributed by atoms with Gasteiger partial charge in [0.05, 0.1) is 22.4 Å². The Bertz CT molecular complexity index is 589. The lowest BCUT2D eigenvalue weighted by atomic mass is 10.2. The number of benzene rings is 1. The van der Waals surface area contributed by atoms with Crippen LogP contribution in [0.3, 0.4) is 0 Å². The average molecular weight is 231 g/mol. The zero-order valence-corrected chi connectivity index (χ0v) is 9.03. The molecule has 0 bridgehead atoms. The van der Waals surface area contributed by atoms with E-state index in [0.717, 1.165) is 5.56 Å². The van der Waals surface area contributed by atoms with E-state index < -0.39 is 4.92 Å². The number of hydrogen-bond donors (Lipinski definition) is 0. The number of aryl methyl sites for hydroxylation is 1. The molecule has 1 heterocycles. The van der Waals surface area contributed by atoms with Gasteiger partial charge in [-0.05, 0) is 24.6 Å². The summed E-state index contributed by atoms with van der Waals surface area (Å²) in [5, 5.41) is 14.7. The van der Waals surface area contributed by atoms with Crippen molar-refractivity contribution in [3.8, 4) is 5.69 Å². The Morgan fingerprint density at radius 3 is 2.76 bits per heavy atom. The molecule has 17 heavy (non-hydrogen) atoms. The van der Waals surface area contributed by atoms with Crippen LogP contribution in [0.5, 0.6) is 0 Å². The van der Waals surface area contributed by atoms with Gasteiger partial charge >= 0.3 is 0 Å². The Labute approximate surface area is 96.6 Å². The number of carbonyl (C=O) groups is 1.